The highest BCUT2D eigenvalue weighted by atomic mass is 32.1. The fraction of sp³-hybridized carbons (Fsp3) is 0.409. The first-order valence-electron chi connectivity index (χ1n) is 9.68. The van der Waals surface area contributed by atoms with Crippen molar-refractivity contribution in [1.29, 1.82) is 0 Å². The maximum atomic E-state index is 13.0. The number of rotatable bonds is 7. The van der Waals surface area contributed by atoms with Gasteiger partial charge in [0.1, 0.15) is 12.2 Å². The van der Waals surface area contributed by atoms with Crippen molar-refractivity contribution in [2.24, 2.45) is 11.8 Å². The van der Waals surface area contributed by atoms with E-state index >= 15 is 0 Å². The Morgan fingerprint density at radius 3 is 2.25 bits per heavy atom. The lowest BCUT2D eigenvalue weighted by Gasteiger charge is -2.26. The first kappa shape index (κ1) is 20.3. The topological polar surface area (TPSA) is 55.2 Å². The molecule has 28 heavy (non-hydrogen) atoms. The van der Waals surface area contributed by atoms with E-state index in [1.165, 1.54) is 4.68 Å². The van der Waals surface area contributed by atoms with Gasteiger partial charge in [-0.1, -0.05) is 52.0 Å². The van der Waals surface area contributed by atoms with E-state index in [0.717, 1.165) is 16.0 Å². The Morgan fingerprint density at radius 2 is 1.68 bits per heavy atom. The van der Waals surface area contributed by atoms with Crippen molar-refractivity contribution in [1.82, 2.24) is 14.7 Å². The van der Waals surface area contributed by atoms with Gasteiger partial charge in [-0.25, -0.2) is 4.68 Å². The minimum absolute atomic E-state index is 0.0402. The molecule has 0 N–H and O–H groups in total. The van der Waals surface area contributed by atoms with Crippen LogP contribution in [-0.2, 0) is 11.3 Å². The zero-order valence-corrected chi connectivity index (χ0v) is 17.7. The van der Waals surface area contributed by atoms with Crippen LogP contribution in [0.1, 0.15) is 27.7 Å². The van der Waals surface area contributed by atoms with Crippen LogP contribution >= 0.6 is 11.3 Å². The molecule has 1 aromatic carbocycles. The molecule has 0 fully saturated rings. The lowest BCUT2D eigenvalue weighted by atomic mass is 10.1. The molecule has 148 valence electrons. The van der Waals surface area contributed by atoms with Gasteiger partial charge < -0.3 is 4.90 Å². The summed E-state index contributed by atoms with van der Waals surface area (Å²) in [5, 5.41) is 7.99. The molecule has 0 aliphatic carbocycles. The summed E-state index contributed by atoms with van der Waals surface area (Å²) in [6, 6.07) is 11.4. The van der Waals surface area contributed by atoms with Crippen LogP contribution in [0.5, 0.6) is 0 Å². The molecule has 3 rings (SSSR count). The fourth-order valence-electron chi connectivity index (χ4n) is 3.33. The van der Waals surface area contributed by atoms with E-state index in [1.807, 2.05) is 40.6 Å². The maximum absolute atomic E-state index is 13.0. The molecule has 0 aliphatic rings. The van der Waals surface area contributed by atoms with Crippen molar-refractivity contribution >= 4 is 28.0 Å². The number of aromatic nitrogens is 2. The number of amides is 1. The number of fused-ring (bicyclic) bond motifs is 1. The summed E-state index contributed by atoms with van der Waals surface area (Å²) >= 11 is 1.57. The van der Waals surface area contributed by atoms with Crippen molar-refractivity contribution < 1.29 is 4.79 Å². The summed E-state index contributed by atoms with van der Waals surface area (Å²) in [7, 11) is 0. The van der Waals surface area contributed by atoms with Crippen LogP contribution in [0.15, 0.2) is 46.6 Å². The van der Waals surface area contributed by atoms with Gasteiger partial charge >= 0.3 is 0 Å². The van der Waals surface area contributed by atoms with Gasteiger partial charge in [-0.05, 0) is 29.3 Å². The van der Waals surface area contributed by atoms with Crippen molar-refractivity contribution in [2.45, 2.75) is 34.2 Å². The fourth-order valence-corrected chi connectivity index (χ4v) is 4.05. The number of thiophene rings is 1. The Bertz CT molecular complexity index is 996. The Morgan fingerprint density at radius 1 is 1.04 bits per heavy atom. The number of hydrogen-bond acceptors (Lipinski definition) is 4. The largest absolute Gasteiger partial charge is 0.341 e. The van der Waals surface area contributed by atoms with E-state index in [0.29, 0.717) is 30.3 Å². The molecule has 0 unspecified atom stereocenters. The number of nitrogens with zero attached hydrogens (tertiary/aromatic N) is 3. The SMILES string of the molecule is CC(C)CN(CC(C)C)C(=O)Cn1nc(-c2cccs2)c2ccccc2c1=O. The standard InChI is InChI=1S/C22H27N3O2S/c1-15(2)12-24(13-16(3)4)20(26)14-25-22(27)18-9-6-5-8-17(18)21(23-25)19-10-7-11-28-19/h5-11,15-16H,12-14H2,1-4H3. The molecule has 0 saturated carbocycles. The third-order valence-electron chi connectivity index (χ3n) is 4.43. The molecule has 6 heteroatoms. The van der Waals surface area contributed by atoms with Crippen LogP contribution in [0.2, 0.25) is 0 Å². The predicted octanol–water partition coefficient (Wildman–Crippen LogP) is 4.27. The molecular weight excluding hydrogens is 370 g/mol. The van der Waals surface area contributed by atoms with E-state index in [2.05, 4.69) is 32.8 Å². The molecule has 0 bridgehead atoms. The highest BCUT2D eigenvalue weighted by Crippen LogP contribution is 2.28. The average Bonchev–Trinajstić information content (AvgIpc) is 3.17. The van der Waals surface area contributed by atoms with Crippen molar-refractivity contribution in [3.63, 3.8) is 0 Å². The maximum Gasteiger partial charge on any atom is 0.275 e. The number of hydrogen-bond donors (Lipinski definition) is 0. The van der Waals surface area contributed by atoms with Gasteiger partial charge in [-0.2, -0.15) is 5.10 Å². The first-order valence-corrected chi connectivity index (χ1v) is 10.6. The molecule has 0 spiro atoms. The van der Waals surface area contributed by atoms with Crippen LogP contribution < -0.4 is 5.56 Å². The van der Waals surface area contributed by atoms with Gasteiger partial charge in [0.2, 0.25) is 5.91 Å². The van der Waals surface area contributed by atoms with E-state index in [9.17, 15) is 9.59 Å². The summed E-state index contributed by atoms with van der Waals surface area (Å²) in [6.07, 6.45) is 0. The smallest absolute Gasteiger partial charge is 0.275 e. The van der Waals surface area contributed by atoms with E-state index in [1.54, 1.807) is 17.4 Å². The van der Waals surface area contributed by atoms with Crippen LogP contribution in [0, 0.1) is 11.8 Å². The van der Waals surface area contributed by atoms with Gasteiger partial charge in [-0.3, -0.25) is 9.59 Å². The van der Waals surface area contributed by atoms with Crippen LogP contribution in [0.25, 0.3) is 21.3 Å². The highest BCUT2D eigenvalue weighted by molar-refractivity contribution is 7.13. The molecule has 5 nitrogen and oxygen atoms in total. The number of benzene rings is 1. The molecule has 0 saturated heterocycles. The normalized spacial score (nSPS) is 11.5. The third kappa shape index (κ3) is 4.50. The Kier molecular flexibility index (Phi) is 6.29. The summed E-state index contributed by atoms with van der Waals surface area (Å²) in [4.78, 5) is 28.8. The summed E-state index contributed by atoms with van der Waals surface area (Å²) in [6.45, 7) is 9.69. The minimum Gasteiger partial charge on any atom is -0.341 e. The molecule has 0 atom stereocenters. The third-order valence-corrected chi connectivity index (χ3v) is 5.31. The Labute approximate surface area is 169 Å². The van der Waals surface area contributed by atoms with Gasteiger partial charge in [0.25, 0.3) is 5.56 Å². The summed E-state index contributed by atoms with van der Waals surface area (Å²) in [5.41, 5.74) is 0.524. The molecule has 0 aliphatic heterocycles. The van der Waals surface area contributed by atoms with Gasteiger partial charge in [0, 0.05) is 18.5 Å². The second-order valence-electron chi connectivity index (χ2n) is 7.92. The molecule has 1 amide bonds. The number of carbonyl (C=O) groups is 1. The van der Waals surface area contributed by atoms with Crippen molar-refractivity contribution in [2.75, 3.05) is 13.1 Å². The molecule has 2 heterocycles. The Balaban J connectivity index is 2.02. The summed E-state index contributed by atoms with van der Waals surface area (Å²) < 4.78 is 1.33. The van der Waals surface area contributed by atoms with Crippen LogP contribution in [0.4, 0.5) is 0 Å². The number of carbonyl (C=O) groups excluding carboxylic acids is 1. The highest BCUT2D eigenvalue weighted by Gasteiger charge is 2.20. The lowest BCUT2D eigenvalue weighted by Crippen LogP contribution is -2.41. The quantitative estimate of drug-likeness (QED) is 0.598. The second-order valence-corrected chi connectivity index (χ2v) is 8.87. The van der Waals surface area contributed by atoms with Crippen LogP contribution in [0.3, 0.4) is 0 Å². The average molecular weight is 398 g/mol. The predicted molar refractivity (Wildman–Crippen MR) is 116 cm³/mol. The van der Waals surface area contributed by atoms with Gasteiger partial charge in [-0.15, -0.1) is 11.3 Å². The minimum atomic E-state index is -0.224. The van der Waals surface area contributed by atoms with E-state index in [4.69, 9.17) is 0 Å². The monoisotopic (exact) mass is 397 g/mol. The van der Waals surface area contributed by atoms with Crippen molar-refractivity contribution in [3.8, 4) is 10.6 Å². The van der Waals surface area contributed by atoms with Crippen molar-refractivity contribution in [3.05, 3.63) is 52.1 Å². The molecular formula is C22H27N3O2S. The zero-order valence-electron chi connectivity index (χ0n) is 16.9. The van der Waals surface area contributed by atoms with E-state index < -0.39 is 0 Å². The second kappa shape index (κ2) is 8.69. The first-order chi connectivity index (χ1) is 13.4. The molecule has 0 radical (unpaired) electrons. The molecule has 2 aromatic heterocycles. The lowest BCUT2D eigenvalue weighted by molar-refractivity contribution is -0.133. The Hall–Kier alpha value is -2.47. The zero-order chi connectivity index (χ0) is 20.3. The van der Waals surface area contributed by atoms with E-state index in [-0.39, 0.29) is 18.0 Å². The molecule has 3 aromatic rings. The van der Waals surface area contributed by atoms with Gasteiger partial charge in [0.15, 0.2) is 0 Å². The van der Waals surface area contributed by atoms with Crippen LogP contribution in [-0.4, -0.2) is 33.7 Å². The summed E-state index contributed by atoms with van der Waals surface area (Å²) in [5.74, 6) is 0.667. The van der Waals surface area contributed by atoms with Gasteiger partial charge in [0.05, 0.1) is 10.3 Å².